The Kier molecular flexibility index (Phi) is 4.24. The molecule has 6 nitrogen and oxygen atoms in total. The SMILES string of the molecule is COc1ccc(N2CCN(C(=O)c3ccc4c(c3)CC(=O)N4)CC2)cc1. The Morgan fingerprint density at radius 2 is 1.77 bits per heavy atom. The Bertz CT molecular complexity index is 840. The summed E-state index contributed by atoms with van der Waals surface area (Å²) < 4.78 is 5.20. The Hall–Kier alpha value is -3.02. The molecule has 2 aromatic carbocycles. The van der Waals surface area contributed by atoms with Gasteiger partial charge < -0.3 is 19.9 Å². The molecule has 4 rings (SSSR count). The van der Waals surface area contributed by atoms with Gasteiger partial charge in [-0.2, -0.15) is 0 Å². The first-order valence-corrected chi connectivity index (χ1v) is 8.75. The molecule has 0 spiro atoms. The lowest BCUT2D eigenvalue weighted by Crippen LogP contribution is -2.48. The number of nitrogens with zero attached hydrogens (tertiary/aromatic N) is 2. The molecular weight excluding hydrogens is 330 g/mol. The molecule has 0 radical (unpaired) electrons. The molecule has 0 bridgehead atoms. The lowest BCUT2D eigenvalue weighted by Gasteiger charge is -2.36. The fourth-order valence-corrected chi connectivity index (χ4v) is 3.51. The van der Waals surface area contributed by atoms with Crippen molar-refractivity contribution in [1.29, 1.82) is 0 Å². The van der Waals surface area contributed by atoms with Gasteiger partial charge in [0.15, 0.2) is 0 Å². The molecular formula is C20H21N3O3. The van der Waals surface area contributed by atoms with E-state index in [-0.39, 0.29) is 11.8 Å². The Morgan fingerprint density at radius 1 is 1.04 bits per heavy atom. The average molecular weight is 351 g/mol. The molecule has 0 aromatic heterocycles. The maximum Gasteiger partial charge on any atom is 0.253 e. The maximum atomic E-state index is 12.8. The van der Waals surface area contributed by atoms with E-state index in [1.807, 2.05) is 41.3 Å². The van der Waals surface area contributed by atoms with Crippen LogP contribution in [0.15, 0.2) is 42.5 Å². The number of anilines is 2. The summed E-state index contributed by atoms with van der Waals surface area (Å²) in [6.07, 6.45) is 0.349. The largest absolute Gasteiger partial charge is 0.497 e. The predicted molar refractivity (Wildman–Crippen MR) is 99.9 cm³/mol. The summed E-state index contributed by atoms with van der Waals surface area (Å²) >= 11 is 0. The molecule has 26 heavy (non-hydrogen) atoms. The lowest BCUT2D eigenvalue weighted by atomic mass is 10.1. The van der Waals surface area contributed by atoms with Crippen LogP contribution >= 0.6 is 0 Å². The topological polar surface area (TPSA) is 61.9 Å². The number of fused-ring (bicyclic) bond motifs is 1. The first-order valence-electron chi connectivity index (χ1n) is 8.75. The molecule has 0 aliphatic carbocycles. The number of carbonyl (C=O) groups is 2. The normalized spacial score (nSPS) is 16.3. The smallest absolute Gasteiger partial charge is 0.253 e. The zero-order valence-corrected chi connectivity index (χ0v) is 14.7. The van der Waals surface area contributed by atoms with Gasteiger partial charge in [-0.1, -0.05) is 0 Å². The van der Waals surface area contributed by atoms with E-state index in [4.69, 9.17) is 4.74 Å². The van der Waals surface area contributed by atoms with Crippen LogP contribution in [0, 0.1) is 0 Å². The summed E-state index contributed by atoms with van der Waals surface area (Å²) in [5.74, 6) is 0.853. The molecule has 2 heterocycles. The molecule has 0 unspecified atom stereocenters. The number of ether oxygens (including phenoxy) is 1. The quantitative estimate of drug-likeness (QED) is 0.920. The number of hydrogen-bond acceptors (Lipinski definition) is 4. The number of methoxy groups -OCH3 is 1. The molecule has 6 heteroatoms. The van der Waals surface area contributed by atoms with Crippen LogP contribution in [0.3, 0.4) is 0 Å². The van der Waals surface area contributed by atoms with Gasteiger partial charge >= 0.3 is 0 Å². The molecule has 0 atom stereocenters. The second-order valence-electron chi connectivity index (χ2n) is 6.57. The van der Waals surface area contributed by atoms with Crippen LogP contribution in [0.4, 0.5) is 11.4 Å². The number of amides is 2. The van der Waals surface area contributed by atoms with Crippen molar-refractivity contribution < 1.29 is 14.3 Å². The van der Waals surface area contributed by atoms with Crippen molar-refractivity contribution in [3.8, 4) is 5.75 Å². The average Bonchev–Trinajstić information content (AvgIpc) is 3.07. The van der Waals surface area contributed by atoms with E-state index < -0.39 is 0 Å². The van der Waals surface area contributed by atoms with E-state index in [1.54, 1.807) is 13.2 Å². The molecule has 1 saturated heterocycles. The van der Waals surface area contributed by atoms with Crippen LogP contribution in [0.25, 0.3) is 0 Å². The van der Waals surface area contributed by atoms with Gasteiger partial charge in [0, 0.05) is 43.1 Å². The van der Waals surface area contributed by atoms with Crippen LogP contribution in [-0.2, 0) is 11.2 Å². The Balaban J connectivity index is 1.40. The van der Waals surface area contributed by atoms with Crippen molar-refractivity contribution in [3.63, 3.8) is 0 Å². The zero-order chi connectivity index (χ0) is 18.1. The second kappa shape index (κ2) is 6.71. The summed E-state index contributed by atoms with van der Waals surface area (Å²) in [4.78, 5) is 28.4. The van der Waals surface area contributed by atoms with Gasteiger partial charge in [0.25, 0.3) is 5.91 Å². The van der Waals surface area contributed by atoms with Gasteiger partial charge in [0.05, 0.1) is 13.5 Å². The highest BCUT2D eigenvalue weighted by molar-refractivity contribution is 6.01. The second-order valence-corrected chi connectivity index (χ2v) is 6.57. The summed E-state index contributed by atoms with van der Waals surface area (Å²) in [5, 5.41) is 2.80. The highest BCUT2D eigenvalue weighted by atomic mass is 16.5. The predicted octanol–water partition coefficient (Wildman–Crippen LogP) is 2.15. The van der Waals surface area contributed by atoms with E-state index in [0.717, 1.165) is 35.8 Å². The Morgan fingerprint density at radius 3 is 2.46 bits per heavy atom. The number of benzene rings is 2. The first-order chi connectivity index (χ1) is 12.6. The van der Waals surface area contributed by atoms with Crippen LogP contribution in [0.2, 0.25) is 0 Å². The highest BCUT2D eigenvalue weighted by Gasteiger charge is 2.24. The van der Waals surface area contributed by atoms with E-state index in [2.05, 4.69) is 10.2 Å². The molecule has 2 amide bonds. The van der Waals surface area contributed by atoms with Gasteiger partial charge in [0.1, 0.15) is 5.75 Å². The van der Waals surface area contributed by atoms with Gasteiger partial charge in [-0.25, -0.2) is 0 Å². The minimum atomic E-state index is -0.0160. The van der Waals surface area contributed by atoms with Gasteiger partial charge in [-0.3, -0.25) is 9.59 Å². The van der Waals surface area contributed by atoms with Gasteiger partial charge in [-0.15, -0.1) is 0 Å². The van der Waals surface area contributed by atoms with Crippen molar-refractivity contribution in [1.82, 2.24) is 4.90 Å². The number of hydrogen-bond donors (Lipinski definition) is 1. The van der Waals surface area contributed by atoms with E-state index in [0.29, 0.717) is 25.1 Å². The van der Waals surface area contributed by atoms with E-state index in [1.165, 1.54) is 0 Å². The van der Waals surface area contributed by atoms with Crippen LogP contribution < -0.4 is 15.0 Å². The molecule has 0 saturated carbocycles. The summed E-state index contributed by atoms with van der Waals surface area (Å²) in [7, 11) is 1.66. The fourth-order valence-electron chi connectivity index (χ4n) is 3.51. The third kappa shape index (κ3) is 3.10. The Labute approximate surface area is 152 Å². The molecule has 1 N–H and O–H groups in total. The minimum Gasteiger partial charge on any atom is -0.497 e. The summed E-state index contributed by atoms with van der Waals surface area (Å²) in [6, 6.07) is 13.4. The zero-order valence-electron chi connectivity index (χ0n) is 14.7. The number of piperazine rings is 1. The van der Waals surface area contributed by atoms with Crippen LogP contribution in [0.1, 0.15) is 15.9 Å². The molecule has 2 aromatic rings. The van der Waals surface area contributed by atoms with Gasteiger partial charge in [0.2, 0.25) is 5.91 Å². The fraction of sp³-hybridized carbons (Fsp3) is 0.300. The van der Waals surface area contributed by atoms with Crippen molar-refractivity contribution in [2.24, 2.45) is 0 Å². The summed E-state index contributed by atoms with van der Waals surface area (Å²) in [6.45, 7) is 2.95. The highest BCUT2D eigenvalue weighted by Crippen LogP contribution is 2.25. The van der Waals surface area contributed by atoms with Crippen molar-refractivity contribution in [2.75, 3.05) is 43.5 Å². The van der Waals surface area contributed by atoms with E-state index >= 15 is 0 Å². The van der Waals surface area contributed by atoms with Crippen molar-refractivity contribution in [3.05, 3.63) is 53.6 Å². The van der Waals surface area contributed by atoms with Crippen LogP contribution in [0.5, 0.6) is 5.75 Å². The van der Waals surface area contributed by atoms with Crippen LogP contribution in [-0.4, -0.2) is 50.0 Å². The standard InChI is InChI=1S/C20H21N3O3/c1-26-17-5-3-16(4-6-17)22-8-10-23(11-9-22)20(25)14-2-7-18-15(12-14)13-19(24)21-18/h2-7,12H,8-11,13H2,1H3,(H,21,24). The van der Waals surface area contributed by atoms with Crippen molar-refractivity contribution >= 4 is 23.2 Å². The number of carbonyl (C=O) groups excluding carboxylic acids is 2. The minimum absolute atomic E-state index is 0.0160. The molecule has 134 valence electrons. The third-order valence-electron chi connectivity index (χ3n) is 4.98. The number of nitrogens with one attached hydrogen (secondary N) is 1. The monoisotopic (exact) mass is 351 g/mol. The first kappa shape index (κ1) is 16.4. The third-order valence-corrected chi connectivity index (χ3v) is 4.98. The maximum absolute atomic E-state index is 12.8. The molecule has 2 aliphatic heterocycles. The van der Waals surface area contributed by atoms with Gasteiger partial charge in [-0.05, 0) is 48.0 Å². The van der Waals surface area contributed by atoms with E-state index in [9.17, 15) is 9.59 Å². The lowest BCUT2D eigenvalue weighted by molar-refractivity contribution is -0.115. The molecule has 1 fully saturated rings. The summed E-state index contributed by atoms with van der Waals surface area (Å²) in [5.41, 5.74) is 3.51. The number of rotatable bonds is 3. The van der Waals surface area contributed by atoms with Crippen molar-refractivity contribution in [2.45, 2.75) is 6.42 Å². The molecule has 2 aliphatic rings.